The fourth-order valence-electron chi connectivity index (χ4n) is 0.826. The van der Waals surface area contributed by atoms with Crippen LogP contribution in [0.25, 0.3) is 0 Å². The molecule has 0 bridgehead atoms. The second kappa shape index (κ2) is 4.58. The molecule has 0 radical (unpaired) electrons. The lowest BCUT2D eigenvalue weighted by Gasteiger charge is -2.10. The maximum Gasteiger partial charge on any atom is 0.446 e. The summed E-state index contributed by atoms with van der Waals surface area (Å²) in [6.45, 7) is 0. The average Bonchev–Trinajstić information content (AvgIpc) is 2.06. The largest absolute Gasteiger partial charge is 0.446 e. The first-order chi connectivity index (χ1) is 6.44. The molecule has 0 aliphatic rings. The van der Waals surface area contributed by atoms with Crippen LogP contribution in [0.5, 0.6) is 0 Å². The highest BCUT2D eigenvalue weighted by atomic mass is 127. The number of benzene rings is 1. The first-order valence-corrected chi connectivity index (χ1v) is 5.34. The number of nitrogens with two attached hydrogens (primary N) is 1. The van der Waals surface area contributed by atoms with Gasteiger partial charge < -0.3 is 5.43 Å². The highest BCUT2D eigenvalue weighted by molar-refractivity contribution is 14.1. The minimum atomic E-state index is -4.27. The summed E-state index contributed by atoms with van der Waals surface area (Å²) in [6, 6.07) is 4.54. The lowest BCUT2D eigenvalue weighted by molar-refractivity contribution is -0.0328. The van der Waals surface area contributed by atoms with Gasteiger partial charge in [-0.05, 0) is 46.5 Å². The molecule has 0 saturated carbocycles. The molecule has 1 aromatic rings. The maximum atomic E-state index is 12.1. The molecule has 1 aromatic carbocycles. The number of hydrogen-bond donors (Lipinski definition) is 2. The first kappa shape index (κ1) is 11.9. The van der Waals surface area contributed by atoms with E-state index in [4.69, 9.17) is 5.84 Å². The summed E-state index contributed by atoms with van der Waals surface area (Å²) >= 11 is 1.67. The molecule has 0 aliphatic carbocycles. The van der Waals surface area contributed by atoms with Gasteiger partial charge in [-0.25, -0.2) is 0 Å². The molecule has 0 aromatic heterocycles. The number of alkyl halides is 3. The van der Waals surface area contributed by atoms with Crippen molar-refractivity contribution in [3.8, 4) is 0 Å². The number of hydrazine groups is 1. The van der Waals surface area contributed by atoms with E-state index < -0.39 is 5.51 Å². The van der Waals surface area contributed by atoms with E-state index in [1.54, 1.807) is 6.07 Å². The molecule has 14 heavy (non-hydrogen) atoms. The smallest absolute Gasteiger partial charge is 0.323 e. The molecule has 0 spiro atoms. The molecule has 78 valence electrons. The minimum Gasteiger partial charge on any atom is -0.323 e. The predicted molar refractivity (Wildman–Crippen MR) is 58.9 cm³/mol. The fourth-order valence-corrected chi connectivity index (χ4v) is 2.27. The minimum absolute atomic E-state index is 0.146. The van der Waals surface area contributed by atoms with Crippen molar-refractivity contribution < 1.29 is 13.2 Å². The Labute approximate surface area is 96.5 Å². The molecule has 2 nitrogen and oxygen atoms in total. The SMILES string of the molecule is NNc1cccc(SC(F)(F)F)c1I. The van der Waals surface area contributed by atoms with Gasteiger partial charge in [-0.2, -0.15) is 13.2 Å². The second-order valence-electron chi connectivity index (χ2n) is 2.31. The summed E-state index contributed by atoms with van der Waals surface area (Å²) in [6.07, 6.45) is 0. The molecule has 0 fully saturated rings. The van der Waals surface area contributed by atoms with Crippen molar-refractivity contribution in [2.24, 2.45) is 5.84 Å². The van der Waals surface area contributed by atoms with E-state index in [2.05, 4.69) is 5.43 Å². The van der Waals surface area contributed by atoms with Crippen LogP contribution in [-0.4, -0.2) is 5.51 Å². The normalized spacial score (nSPS) is 11.5. The molecule has 0 atom stereocenters. The maximum absolute atomic E-state index is 12.1. The number of anilines is 1. The third kappa shape index (κ3) is 3.21. The molecule has 7 heteroatoms. The molecule has 1 rings (SSSR count). The van der Waals surface area contributed by atoms with Crippen LogP contribution in [0.2, 0.25) is 0 Å². The lowest BCUT2D eigenvalue weighted by atomic mass is 10.3. The highest BCUT2D eigenvalue weighted by Crippen LogP contribution is 2.40. The predicted octanol–water partition coefficient (Wildman–Crippen LogP) is 3.19. The average molecular weight is 334 g/mol. The van der Waals surface area contributed by atoms with E-state index in [0.717, 1.165) is 0 Å². The van der Waals surface area contributed by atoms with Crippen molar-refractivity contribution in [3.63, 3.8) is 0 Å². The summed E-state index contributed by atoms with van der Waals surface area (Å²) in [7, 11) is 0. The Hall–Kier alpha value is -0.150. The van der Waals surface area contributed by atoms with Gasteiger partial charge in [-0.3, -0.25) is 5.84 Å². The van der Waals surface area contributed by atoms with Crippen LogP contribution in [0.15, 0.2) is 23.1 Å². The van der Waals surface area contributed by atoms with Crippen molar-refractivity contribution >= 4 is 40.0 Å². The molecule has 0 heterocycles. The lowest BCUT2D eigenvalue weighted by Crippen LogP contribution is -2.09. The number of halogens is 4. The molecule has 0 unspecified atom stereocenters. The summed E-state index contributed by atoms with van der Waals surface area (Å²) in [5, 5.41) is 0. The molecule has 3 N–H and O–H groups in total. The molecule has 0 saturated heterocycles. The fraction of sp³-hybridized carbons (Fsp3) is 0.143. The molecular weight excluding hydrogens is 328 g/mol. The third-order valence-corrected chi connectivity index (χ3v) is 3.66. The van der Waals surface area contributed by atoms with Gasteiger partial charge in [-0.1, -0.05) is 6.07 Å². The topological polar surface area (TPSA) is 38.0 Å². The summed E-state index contributed by atoms with van der Waals surface area (Å²) in [4.78, 5) is 0.147. The Balaban J connectivity index is 2.98. The van der Waals surface area contributed by atoms with E-state index in [-0.39, 0.29) is 16.7 Å². The Morgan fingerprint density at radius 3 is 2.50 bits per heavy atom. The van der Waals surface area contributed by atoms with Crippen LogP contribution < -0.4 is 11.3 Å². The zero-order valence-electron chi connectivity index (χ0n) is 6.73. The van der Waals surface area contributed by atoms with Crippen molar-refractivity contribution in [3.05, 3.63) is 21.8 Å². The van der Waals surface area contributed by atoms with Crippen LogP contribution in [0.4, 0.5) is 18.9 Å². The number of nitrogens with one attached hydrogen (secondary N) is 1. The summed E-state index contributed by atoms with van der Waals surface area (Å²) < 4.78 is 36.7. The Morgan fingerprint density at radius 2 is 2.00 bits per heavy atom. The van der Waals surface area contributed by atoms with Gasteiger partial charge in [0.2, 0.25) is 0 Å². The Kier molecular flexibility index (Phi) is 3.90. The quantitative estimate of drug-likeness (QED) is 0.378. The van der Waals surface area contributed by atoms with Gasteiger partial charge in [0.15, 0.2) is 0 Å². The van der Waals surface area contributed by atoms with Gasteiger partial charge in [0.25, 0.3) is 0 Å². The Morgan fingerprint density at radius 1 is 1.36 bits per heavy atom. The number of hydrogen-bond acceptors (Lipinski definition) is 3. The van der Waals surface area contributed by atoms with E-state index in [9.17, 15) is 13.2 Å². The second-order valence-corrected chi connectivity index (χ2v) is 4.50. The van der Waals surface area contributed by atoms with Gasteiger partial charge in [0.1, 0.15) is 0 Å². The van der Waals surface area contributed by atoms with E-state index in [0.29, 0.717) is 9.26 Å². The zero-order chi connectivity index (χ0) is 10.8. The first-order valence-electron chi connectivity index (χ1n) is 3.45. The molecule has 0 aliphatic heterocycles. The van der Waals surface area contributed by atoms with Gasteiger partial charge in [0, 0.05) is 4.90 Å². The monoisotopic (exact) mass is 334 g/mol. The van der Waals surface area contributed by atoms with E-state index >= 15 is 0 Å². The molecular formula is C7H6F3IN2S. The third-order valence-electron chi connectivity index (χ3n) is 1.34. The van der Waals surface area contributed by atoms with Crippen molar-refractivity contribution in [2.45, 2.75) is 10.4 Å². The van der Waals surface area contributed by atoms with E-state index in [1.165, 1.54) is 12.1 Å². The zero-order valence-corrected chi connectivity index (χ0v) is 9.70. The van der Waals surface area contributed by atoms with Crippen LogP contribution in [-0.2, 0) is 0 Å². The van der Waals surface area contributed by atoms with Gasteiger partial charge in [0.05, 0.1) is 9.26 Å². The van der Waals surface area contributed by atoms with E-state index in [1.807, 2.05) is 22.6 Å². The standard InChI is InChI=1S/C7H6F3IN2S/c8-7(9,10)14-5-3-1-2-4(13-12)6(5)11/h1-3,13H,12H2. The highest BCUT2D eigenvalue weighted by Gasteiger charge is 2.30. The van der Waals surface area contributed by atoms with Crippen molar-refractivity contribution in [1.82, 2.24) is 0 Å². The summed E-state index contributed by atoms with van der Waals surface area (Å²) in [5.41, 5.74) is -1.45. The van der Waals surface area contributed by atoms with Crippen LogP contribution in [0.3, 0.4) is 0 Å². The van der Waals surface area contributed by atoms with Crippen LogP contribution in [0.1, 0.15) is 0 Å². The molecule has 0 amide bonds. The summed E-state index contributed by atoms with van der Waals surface area (Å²) in [5.74, 6) is 5.14. The van der Waals surface area contributed by atoms with Gasteiger partial charge in [-0.15, -0.1) is 0 Å². The number of thioether (sulfide) groups is 1. The number of nitrogen functional groups attached to an aromatic ring is 1. The van der Waals surface area contributed by atoms with Crippen molar-refractivity contribution in [2.75, 3.05) is 5.43 Å². The van der Waals surface area contributed by atoms with Gasteiger partial charge >= 0.3 is 5.51 Å². The van der Waals surface area contributed by atoms with Crippen LogP contribution in [0, 0.1) is 3.57 Å². The van der Waals surface area contributed by atoms with Crippen molar-refractivity contribution in [1.29, 1.82) is 0 Å². The number of rotatable bonds is 2. The Bertz CT molecular complexity index is 329. The van der Waals surface area contributed by atoms with Crippen LogP contribution >= 0.6 is 34.4 Å².